The molecule has 2 saturated carbocycles. The minimum atomic E-state index is -4.24. The Labute approximate surface area is 155 Å². The third-order valence-electron chi connectivity index (χ3n) is 6.75. The Hall–Kier alpha value is -1.25. The minimum absolute atomic E-state index is 0.361. The van der Waals surface area contributed by atoms with Gasteiger partial charge in [-0.25, -0.2) is 0 Å². The molecule has 0 aromatic heterocycles. The molecule has 0 aliphatic heterocycles. The standard InChI is InChI=1S/C23H31F3/c1-3-4-17-5-7-18(8-6-17)19-9-11-20(12-10-19)21-13-14-22(16(2)15-21)23(24,25)26/h3-4,13-15,17-20H,5-12H2,1-2H3/b4-3+. The van der Waals surface area contributed by atoms with Gasteiger partial charge in [-0.05, 0) is 106 Å². The molecule has 144 valence electrons. The summed E-state index contributed by atoms with van der Waals surface area (Å²) in [5.41, 5.74) is 0.970. The van der Waals surface area contributed by atoms with Crippen LogP contribution in [0.4, 0.5) is 13.2 Å². The lowest BCUT2D eigenvalue weighted by atomic mass is 9.68. The van der Waals surface area contributed by atoms with E-state index in [-0.39, 0.29) is 0 Å². The molecule has 2 aliphatic carbocycles. The smallest absolute Gasteiger partial charge is 0.166 e. The second-order valence-electron chi connectivity index (χ2n) is 8.38. The summed E-state index contributed by atoms with van der Waals surface area (Å²) in [5.74, 6) is 2.91. The maximum absolute atomic E-state index is 13.0. The number of allylic oxidation sites excluding steroid dienone is 2. The number of hydrogen-bond acceptors (Lipinski definition) is 0. The van der Waals surface area contributed by atoms with Crippen LogP contribution in [0.2, 0.25) is 0 Å². The molecule has 0 atom stereocenters. The third-order valence-corrected chi connectivity index (χ3v) is 6.75. The number of alkyl halides is 3. The first-order chi connectivity index (χ1) is 12.4. The van der Waals surface area contributed by atoms with Crippen LogP contribution in [0.5, 0.6) is 0 Å². The summed E-state index contributed by atoms with van der Waals surface area (Å²) in [6.07, 6.45) is 10.4. The topological polar surface area (TPSA) is 0 Å². The Morgan fingerprint density at radius 1 is 0.885 bits per heavy atom. The van der Waals surface area contributed by atoms with Crippen LogP contribution in [0.1, 0.15) is 80.9 Å². The molecule has 2 aliphatic rings. The highest BCUT2D eigenvalue weighted by Gasteiger charge is 2.34. The van der Waals surface area contributed by atoms with Gasteiger partial charge in [-0.3, -0.25) is 0 Å². The molecular weight excluding hydrogens is 333 g/mol. The molecule has 26 heavy (non-hydrogen) atoms. The summed E-state index contributed by atoms with van der Waals surface area (Å²) >= 11 is 0. The van der Waals surface area contributed by atoms with Gasteiger partial charge in [-0.1, -0.05) is 24.3 Å². The highest BCUT2D eigenvalue weighted by molar-refractivity contribution is 5.34. The van der Waals surface area contributed by atoms with Crippen molar-refractivity contribution in [1.82, 2.24) is 0 Å². The van der Waals surface area contributed by atoms with Gasteiger partial charge in [0.1, 0.15) is 0 Å². The molecule has 0 spiro atoms. The molecule has 3 rings (SSSR count). The molecule has 0 nitrogen and oxygen atoms in total. The Morgan fingerprint density at radius 3 is 1.96 bits per heavy atom. The van der Waals surface area contributed by atoms with Crippen molar-refractivity contribution in [2.75, 3.05) is 0 Å². The van der Waals surface area contributed by atoms with Crippen LogP contribution < -0.4 is 0 Å². The van der Waals surface area contributed by atoms with E-state index in [2.05, 4.69) is 19.1 Å². The normalized spacial score (nSPS) is 30.7. The fourth-order valence-electron chi connectivity index (χ4n) is 5.26. The number of aryl methyl sites for hydroxylation is 1. The molecule has 0 unspecified atom stereocenters. The fourth-order valence-corrected chi connectivity index (χ4v) is 5.26. The zero-order valence-corrected chi connectivity index (χ0v) is 16.0. The SMILES string of the molecule is C/C=C/C1CCC(C2CCC(c3ccc(C(F)(F)F)c(C)c3)CC2)CC1. The van der Waals surface area contributed by atoms with Gasteiger partial charge in [-0.15, -0.1) is 0 Å². The summed E-state index contributed by atoms with van der Waals surface area (Å²) in [6, 6.07) is 4.76. The van der Waals surface area contributed by atoms with E-state index < -0.39 is 11.7 Å². The summed E-state index contributed by atoms with van der Waals surface area (Å²) in [6.45, 7) is 3.69. The Morgan fingerprint density at radius 2 is 1.46 bits per heavy atom. The molecule has 0 N–H and O–H groups in total. The van der Waals surface area contributed by atoms with E-state index in [1.165, 1.54) is 44.6 Å². The van der Waals surface area contributed by atoms with E-state index in [0.29, 0.717) is 11.5 Å². The lowest BCUT2D eigenvalue weighted by Crippen LogP contribution is -2.25. The monoisotopic (exact) mass is 364 g/mol. The van der Waals surface area contributed by atoms with Crippen LogP contribution in [0.15, 0.2) is 30.4 Å². The van der Waals surface area contributed by atoms with Crippen molar-refractivity contribution >= 4 is 0 Å². The molecule has 0 amide bonds. The van der Waals surface area contributed by atoms with Crippen LogP contribution in [-0.2, 0) is 6.18 Å². The zero-order chi connectivity index (χ0) is 18.7. The fraction of sp³-hybridized carbons (Fsp3) is 0.652. The highest BCUT2D eigenvalue weighted by Crippen LogP contribution is 2.44. The molecule has 0 bridgehead atoms. The quantitative estimate of drug-likeness (QED) is 0.483. The van der Waals surface area contributed by atoms with E-state index in [1.54, 1.807) is 19.1 Å². The Bertz CT molecular complexity index is 613. The van der Waals surface area contributed by atoms with Crippen LogP contribution in [-0.4, -0.2) is 0 Å². The second-order valence-corrected chi connectivity index (χ2v) is 8.38. The van der Waals surface area contributed by atoms with E-state index in [9.17, 15) is 13.2 Å². The van der Waals surface area contributed by atoms with Gasteiger partial charge < -0.3 is 0 Å². The Kier molecular flexibility index (Phi) is 6.14. The van der Waals surface area contributed by atoms with Crippen molar-refractivity contribution in [1.29, 1.82) is 0 Å². The zero-order valence-electron chi connectivity index (χ0n) is 16.0. The van der Waals surface area contributed by atoms with Gasteiger partial charge >= 0.3 is 6.18 Å². The molecular formula is C23H31F3. The highest BCUT2D eigenvalue weighted by atomic mass is 19.4. The van der Waals surface area contributed by atoms with Crippen LogP contribution >= 0.6 is 0 Å². The van der Waals surface area contributed by atoms with Crippen molar-refractivity contribution < 1.29 is 13.2 Å². The maximum atomic E-state index is 13.0. The molecule has 0 radical (unpaired) electrons. The van der Waals surface area contributed by atoms with E-state index >= 15 is 0 Å². The van der Waals surface area contributed by atoms with Gasteiger partial charge in [0.05, 0.1) is 5.56 Å². The lowest BCUT2D eigenvalue weighted by molar-refractivity contribution is -0.138. The predicted octanol–water partition coefficient (Wildman–Crippen LogP) is 7.67. The predicted molar refractivity (Wildman–Crippen MR) is 101 cm³/mol. The first kappa shape index (κ1) is 19.5. The van der Waals surface area contributed by atoms with Gasteiger partial charge in [-0.2, -0.15) is 13.2 Å². The minimum Gasteiger partial charge on any atom is -0.166 e. The van der Waals surface area contributed by atoms with Crippen molar-refractivity contribution in [3.63, 3.8) is 0 Å². The van der Waals surface area contributed by atoms with Crippen LogP contribution in [0, 0.1) is 24.7 Å². The number of hydrogen-bond donors (Lipinski definition) is 0. The second kappa shape index (κ2) is 8.19. The van der Waals surface area contributed by atoms with Crippen molar-refractivity contribution in [2.45, 2.75) is 77.3 Å². The third kappa shape index (κ3) is 4.53. The van der Waals surface area contributed by atoms with Crippen molar-refractivity contribution in [3.8, 4) is 0 Å². The first-order valence-electron chi connectivity index (χ1n) is 10.2. The largest absolute Gasteiger partial charge is 0.416 e. The van der Waals surface area contributed by atoms with Crippen LogP contribution in [0.3, 0.4) is 0 Å². The first-order valence-corrected chi connectivity index (χ1v) is 10.2. The molecule has 1 aromatic rings. The van der Waals surface area contributed by atoms with Crippen molar-refractivity contribution in [3.05, 3.63) is 47.0 Å². The lowest BCUT2D eigenvalue weighted by Gasteiger charge is -2.37. The van der Waals surface area contributed by atoms with E-state index in [4.69, 9.17) is 0 Å². The average Bonchev–Trinajstić information content (AvgIpc) is 2.62. The number of halogens is 3. The molecule has 0 saturated heterocycles. The molecule has 1 aromatic carbocycles. The Balaban J connectivity index is 1.55. The van der Waals surface area contributed by atoms with Gasteiger partial charge in [0.2, 0.25) is 0 Å². The summed E-state index contributed by atoms with van der Waals surface area (Å²) in [4.78, 5) is 0. The summed E-state index contributed by atoms with van der Waals surface area (Å²) < 4.78 is 38.9. The molecule has 2 fully saturated rings. The maximum Gasteiger partial charge on any atom is 0.416 e. The number of benzene rings is 1. The van der Waals surface area contributed by atoms with Crippen molar-refractivity contribution in [2.24, 2.45) is 17.8 Å². The van der Waals surface area contributed by atoms with Gasteiger partial charge in [0.15, 0.2) is 0 Å². The number of rotatable bonds is 3. The van der Waals surface area contributed by atoms with Gasteiger partial charge in [0, 0.05) is 0 Å². The van der Waals surface area contributed by atoms with E-state index in [1.807, 2.05) is 0 Å². The van der Waals surface area contributed by atoms with Gasteiger partial charge in [0.25, 0.3) is 0 Å². The van der Waals surface area contributed by atoms with Crippen LogP contribution in [0.25, 0.3) is 0 Å². The summed E-state index contributed by atoms with van der Waals surface area (Å²) in [7, 11) is 0. The summed E-state index contributed by atoms with van der Waals surface area (Å²) in [5, 5.41) is 0. The molecule has 0 heterocycles. The average molecular weight is 364 g/mol. The molecule has 3 heteroatoms. The van der Waals surface area contributed by atoms with E-state index in [0.717, 1.165) is 36.2 Å².